The van der Waals surface area contributed by atoms with Crippen molar-refractivity contribution in [2.45, 2.75) is 71.4 Å². The molecule has 1 rings (SSSR count). The zero-order chi connectivity index (χ0) is 19.8. The maximum atomic E-state index is 6.30. The molecule has 0 aliphatic heterocycles. The Morgan fingerprint density at radius 3 is 2.31 bits per heavy atom. The highest BCUT2D eigenvalue weighted by Gasteiger charge is 2.37. The van der Waals surface area contributed by atoms with Crippen molar-refractivity contribution in [3.8, 4) is 5.75 Å². The second kappa shape index (κ2) is 10.5. The van der Waals surface area contributed by atoms with Crippen molar-refractivity contribution in [3.63, 3.8) is 0 Å². The van der Waals surface area contributed by atoms with Gasteiger partial charge in [0.25, 0.3) is 0 Å². The van der Waals surface area contributed by atoms with Gasteiger partial charge >= 0.3 is 0 Å². The van der Waals surface area contributed by atoms with Crippen LogP contribution in [0.15, 0.2) is 35.4 Å². The van der Waals surface area contributed by atoms with E-state index in [1.54, 1.807) is 7.11 Å². The van der Waals surface area contributed by atoms with Crippen molar-refractivity contribution in [2.75, 3.05) is 13.7 Å². The fraction of sp³-hybridized carbons (Fsp3) is 0.619. The normalized spacial score (nSPS) is 14.4. The summed E-state index contributed by atoms with van der Waals surface area (Å²) in [5, 5.41) is 1.02. The molecule has 1 aromatic carbocycles. The number of halogens is 1. The molecule has 0 saturated heterocycles. The molecule has 0 fully saturated rings. The number of ether oxygens (including phenoxy) is 2. The van der Waals surface area contributed by atoms with Gasteiger partial charge in [0.05, 0.1) is 19.8 Å². The molecular weight excluding hydrogens is 364 g/mol. The molecule has 3 nitrogen and oxygen atoms in total. The third-order valence-corrected chi connectivity index (χ3v) is 9.71. The Morgan fingerprint density at radius 1 is 1.19 bits per heavy atom. The standard InChI is InChI=1S/C21H35ClO3Si/c1-17(22)8-11-20(14-15-25-26(6,7)21(2,3)4)24-16-18-9-12-19(23-5)13-10-18/h8-10,12-13,20H,11,14-16H2,1-7H3. The van der Waals surface area contributed by atoms with E-state index in [1.165, 1.54) is 0 Å². The smallest absolute Gasteiger partial charge is 0.191 e. The molecule has 0 aromatic heterocycles. The Hall–Kier alpha value is -0.813. The average Bonchev–Trinajstić information content (AvgIpc) is 2.56. The Morgan fingerprint density at radius 2 is 1.81 bits per heavy atom. The summed E-state index contributed by atoms with van der Waals surface area (Å²) in [5.74, 6) is 0.855. The molecule has 0 aliphatic carbocycles. The van der Waals surface area contributed by atoms with E-state index in [-0.39, 0.29) is 11.1 Å². The van der Waals surface area contributed by atoms with E-state index in [0.717, 1.165) is 35.8 Å². The minimum absolute atomic E-state index is 0.0931. The van der Waals surface area contributed by atoms with Crippen LogP contribution in [0.1, 0.15) is 46.1 Å². The molecule has 1 atom stereocenters. The van der Waals surface area contributed by atoms with Crippen molar-refractivity contribution >= 4 is 19.9 Å². The first-order chi connectivity index (χ1) is 12.0. The lowest BCUT2D eigenvalue weighted by atomic mass is 10.1. The highest BCUT2D eigenvalue weighted by molar-refractivity contribution is 6.74. The van der Waals surface area contributed by atoms with Crippen molar-refractivity contribution in [3.05, 3.63) is 40.9 Å². The van der Waals surface area contributed by atoms with Crippen LogP contribution in [-0.4, -0.2) is 28.1 Å². The van der Waals surface area contributed by atoms with Gasteiger partial charge in [-0.2, -0.15) is 0 Å². The van der Waals surface area contributed by atoms with Crippen LogP contribution in [0.4, 0.5) is 0 Å². The van der Waals surface area contributed by atoms with Crippen LogP contribution >= 0.6 is 11.6 Å². The van der Waals surface area contributed by atoms with Gasteiger partial charge in [-0.25, -0.2) is 0 Å². The molecule has 0 radical (unpaired) electrons. The Balaban J connectivity index is 2.59. The van der Waals surface area contributed by atoms with Crippen LogP contribution in [0.3, 0.4) is 0 Å². The predicted octanol–water partition coefficient (Wildman–Crippen LogP) is 6.53. The maximum Gasteiger partial charge on any atom is 0.191 e. The van der Waals surface area contributed by atoms with Gasteiger partial charge in [0, 0.05) is 11.6 Å². The Labute approximate surface area is 165 Å². The van der Waals surface area contributed by atoms with Gasteiger partial charge in [-0.15, -0.1) is 0 Å². The van der Waals surface area contributed by atoms with Crippen LogP contribution in [0.25, 0.3) is 0 Å². The highest BCUT2D eigenvalue weighted by Crippen LogP contribution is 2.36. The van der Waals surface area contributed by atoms with E-state index >= 15 is 0 Å². The zero-order valence-corrected chi connectivity index (χ0v) is 19.2. The minimum Gasteiger partial charge on any atom is -0.497 e. The molecule has 5 heteroatoms. The van der Waals surface area contributed by atoms with Crippen molar-refractivity contribution in [2.24, 2.45) is 0 Å². The first-order valence-corrected chi connectivity index (χ1v) is 12.5. The molecule has 1 unspecified atom stereocenters. The maximum absolute atomic E-state index is 6.30. The third kappa shape index (κ3) is 8.25. The molecular formula is C21H35ClO3Si. The fourth-order valence-electron chi connectivity index (χ4n) is 2.16. The van der Waals surface area contributed by atoms with Crippen molar-refractivity contribution < 1.29 is 13.9 Å². The van der Waals surface area contributed by atoms with E-state index in [4.69, 9.17) is 25.5 Å². The molecule has 148 valence electrons. The van der Waals surface area contributed by atoms with Crippen molar-refractivity contribution in [1.29, 1.82) is 0 Å². The summed E-state index contributed by atoms with van der Waals surface area (Å²) < 4.78 is 17.6. The minimum atomic E-state index is -1.72. The van der Waals surface area contributed by atoms with Gasteiger partial charge < -0.3 is 13.9 Å². The number of rotatable bonds is 10. The summed E-state index contributed by atoms with van der Waals surface area (Å²) in [5.41, 5.74) is 1.13. The first kappa shape index (κ1) is 23.2. The van der Waals surface area contributed by atoms with Gasteiger partial charge in [-0.3, -0.25) is 0 Å². The molecule has 0 heterocycles. The largest absolute Gasteiger partial charge is 0.497 e. The number of hydrogen-bond donors (Lipinski definition) is 0. The van der Waals surface area contributed by atoms with Gasteiger partial charge in [0.2, 0.25) is 0 Å². The SMILES string of the molecule is COc1ccc(COC(CC=C(C)Cl)CCO[Si](C)(C)C(C)(C)C)cc1. The summed E-state index contributed by atoms with van der Waals surface area (Å²) in [6.45, 7) is 14.5. The number of benzene rings is 1. The zero-order valence-electron chi connectivity index (χ0n) is 17.4. The quantitative estimate of drug-likeness (QED) is 0.419. The second-order valence-electron chi connectivity index (χ2n) is 8.21. The first-order valence-electron chi connectivity index (χ1n) is 9.26. The summed E-state index contributed by atoms with van der Waals surface area (Å²) in [4.78, 5) is 0. The van der Waals surface area contributed by atoms with Crippen LogP contribution in [0, 0.1) is 0 Å². The van der Waals surface area contributed by atoms with Gasteiger partial charge in [0.1, 0.15) is 5.75 Å². The van der Waals surface area contributed by atoms with Crippen LogP contribution in [0.2, 0.25) is 18.1 Å². The van der Waals surface area contributed by atoms with E-state index < -0.39 is 8.32 Å². The number of allylic oxidation sites excluding steroid dienone is 1. The van der Waals surface area contributed by atoms with Gasteiger partial charge in [-0.1, -0.05) is 50.6 Å². The Bertz CT molecular complexity index is 558. The van der Waals surface area contributed by atoms with E-state index in [0.29, 0.717) is 6.61 Å². The van der Waals surface area contributed by atoms with Crippen LogP contribution in [0.5, 0.6) is 5.75 Å². The molecule has 0 spiro atoms. The van der Waals surface area contributed by atoms with E-state index in [1.807, 2.05) is 37.3 Å². The fourth-order valence-corrected chi connectivity index (χ4v) is 3.31. The van der Waals surface area contributed by atoms with Crippen LogP contribution in [-0.2, 0) is 15.8 Å². The number of methoxy groups -OCH3 is 1. The van der Waals surface area contributed by atoms with E-state index in [2.05, 4.69) is 33.9 Å². The van der Waals surface area contributed by atoms with Gasteiger partial charge in [-0.05, 0) is 55.6 Å². The Kier molecular flexibility index (Phi) is 9.38. The molecule has 0 aliphatic rings. The molecule has 26 heavy (non-hydrogen) atoms. The molecule has 1 aromatic rings. The van der Waals surface area contributed by atoms with Crippen LogP contribution < -0.4 is 4.74 Å². The third-order valence-electron chi connectivity index (χ3n) is 5.02. The molecule has 0 N–H and O–H groups in total. The molecule has 0 saturated carbocycles. The topological polar surface area (TPSA) is 27.7 Å². The summed E-state index contributed by atoms with van der Waals surface area (Å²) in [6, 6.07) is 7.98. The second-order valence-corrected chi connectivity index (χ2v) is 13.6. The monoisotopic (exact) mass is 398 g/mol. The lowest BCUT2D eigenvalue weighted by Gasteiger charge is -2.36. The average molecular weight is 399 g/mol. The van der Waals surface area contributed by atoms with Crippen molar-refractivity contribution in [1.82, 2.24) is 0 Å². The lowest BCUT2D eigenvalue weighted by molar-refractivity contribution is 0.0272. The summed E-state index contributed by atoms with van der Waals surface area (Å²) in [7, 11) is -0.0535. The number of hydrogen-bond acceptors (Lipinski definition) is 3. The predicted molar refractivity (Wildman–Crippen MR) is 114 cm³/mol. The molecule has 0 bridgehead atoms. The lowest BCUT2D eigenvalue weighted by Crippen LogP contribution is -2.41. The molecule has 0 amide bonds. The van der Waals surface area contributed by atoms with Gasteiger partial charge in [0.15, 0.2) is 8.32 Å². The summed E-state index contributed by atoms with van der Waals surface area (Å²) >= 11 is 6.01. The highest BCUT2D eigenvalue weighted by atomic mass is 35.5. The summed E-state index contributed by atoms with van der Waals surface area (Å²) in [6.07, 6.45) is 3.78. The van der Waals surface area contributed by atoms with E-state index in [9.17, 15) is 0 Å².